The van der Waals surface area contributed by atoms with Crippen LogP contribution in [0.4, 0.5) is 5.69 Å². The zero-order valence-corrected chi connectivity index (χ0v) is 17.4. The number of likely N-dealkylation sites (N-methyl/N-ethyl adjacent to an activating group) is 1. The van der Waals surface area contributed by atoms with Crippen LogP contribution in [0.5, 0.6) is 0 Å². The predicted octanol–water partition coefficient (Wildman–Crippen LogP) is 3.85. The van der Waals surface area contributed by atoms with E-state index >= 15 is 0 Å². The molecule has 0 saturated carbocycles. The number of hydrogen-bond acceptors (Lipinski definition) is 4. The smallest absolute Gasteiger partial charge is 0.242 e. The van der Waals surface area contributed by atoms with Crippen molar-refractivity contribution in [2.75, 3.05) is 38.1 Å². The van der Waals surface area contributed by atoms with Crippen LogP contribution < -0.4 is 10.6 Å². The Kier molecular flexibility index (Phi) is 8.45. The molecule has 0 unspecified atom stereocenters. The zero-order chi connectivity index (χ0) is 20.5. The van der Waals surface area contributed by atoms with Crippen LogP contribution in [-0.4, -0.2) is 49.8 Å². The van der Waals surface area contributed by atoms with Crippen molar-refractivity contribution in [3.8, 4) is 0 Å². The van der Waals surface area contributed by atoms with E-state index in [0.717, 1.165) is 55.2 Å². The zero-order valence-electron chi connectivity index (χ0n) is 17.4. The number of amides is 1. The van der Waals surface area contributed by atoms with Crippen LogP contribution in [0.25, 0.3) is 10.8 Å². The Bertz CT molecular complexity index is 804. The van der Waals surface area contributed by atoms with E-state index in [0.29, 0.717) is 18.7 Å². The number of rotatable bonds is 11. The van der Waals surface area contributed by atoms with Gasteiger partial charge in [0.05, 0.1) is 6.54 Å². The number of nitrogens with two attached hydrogens (primary N) is 1. The molecule has 0 aromatic heterocycles. The number of carbonyl (C=O) groups is 2. The second-order valence-corrected chi connectivity index (χ2v) is 7.39. The summed E-state index contributed by atoms with van der Waals surface area (Å²) in [6, 6.07) is 11.8. The lowest BCUT2D eigenvalue weighted by molar-refractivity contribution is -0.129. The van der Waals surface area contributed by atoms with Crippen molar-refractivity contribution in [2.24, 2.45) is 5.73 Å². The van der Waals surface area contributed by atoms with E-state index in [9.17, 15) is 9.59 Å². The Morgan fingerprint density at radius 3 is 2.32 bits per heavy atom. The molecule has 0 saturated heterocycles. The van der Waals surface area contributed by atoms with Crippen molar-refractivity contribution >= 4 is 28.2 Å². The highest BCUT2D eigenvalue weighted by atomic mass is 16.2. The maximum Gasteiger partial charge on any atom is 0.242 e. The molecular formula is C23H33N3O2. The van der Waals surface area contributed by atoms with Crippen LogP contribution in [0.2, 0.25) is 0 Å². The first kappa shape index (κ1) is 21.9. The molecule has 0 fully saturated rings. The molecule has 0 spiro atoms. The summed E-state index contributed by atoms with van der Waals surface area (Å²) in [6.45, 7) is 6.20. The van der Waals surface area contributed by atoms with Gasteiger partial charge in [-0.15, -0.1) is 0 Å². The number of hydrogen-bond donors (Lipinski definition) is 1. The largest absolute Gasteiger partial charge is 0.365 e. The molecule has 2 aromatic rings. The summed E-state index contributed by atoms with van der Waals surface area (Å²) in [7, 11) is 1.94. The first-order chi connectivity index (χ1) is 13.5. The third kappa shape index (κ3) is 6.06. The maximum atomic E-state index is 12.8. The van der Waals surface area contributed by atoms with Crippen LogP contribution in [0, 0.1) is 0 Å². The van der Waals surface area contributed by atoms with Gasteiger partial charge in [0.2, 0.25) is 5.91 Å². The van der Waals surface area contributed by atoms with E-state index in [1.807, 2.05) is 47.2 Å². The lowest BCUT2D eigenvalue weighted by atomic mass is 10.0. The van der Waals surface area contributed by atoms with Crippen molar-refractivity contribution in [2.45, 2.75) is 39.5 Å². The molecule has 1 amide bonds. The first-order valence-corrected chi connectivity index (χ1v) is 10.2. The van der Waals surface area contributed by atoms with Crippen LogP contribution in [0.3, 0.4) is 0 Å². The van der Waals surface area contributed by atoms with Gasteiger partial charge in [0.15, 0.2) is 5.78 Å². The van der Waals surface area contributed by atoms with Crippen LogP contribution >= 0.6 is 0 Å². The summed E-state index contributed by atoms with van der Waals surface area (Å²) in [5, 5.41) is 2.09. The second kappa shape index (κ2) is 10.8. The summed E-state index contributed by atoms with van der Waals surface area (Å²) in [5.74, 6) is 0.202. The van der Waals surface area contributed by atoms with Crippen LogP contribution in [-0.2, 0) is 4.79 Å². The van der Waals surface area contributed by atoms with Crippen molar-refractivity contribution < 1.29 is 9.59 Å². The predicted molar refractivity (Wildman–Crippen MR) is 117 cm³/mol. The maximum absolute atomic E-state index is 12.8. The highest BCUT2D eigenvalue weighted by Gasteiger charge is 2.15. The van der Waals surface area contributed by atoms with E-state index < -0.39 is 0 Å². The molecule has 0 radical (unpaired) electrons. The van der Waals surface area contributed by atoms with Gasteiger partial charge >= 0.3 is 0 Å². The number of Topliss-reactive ketones (excluding diaryl/α,β-unsaturated/α-hetero) is 1. The fourth-order valence-corrected chi connectivity index (χ4v) is 3.28. The van der Waals surface area contributed by atoms with E-state index in [4.69, 9.17) is 5.73 Å². The number of ketones is 1. The van der Waals surface area contributed by atoms with Crippen molar-refractivity contribution in [1.82, 2.24) is 4.90 Å². The number of fused-ring (bicyclic) bond motifs is 1. The molecule has 2 N–H and O–H groups in total. The molecule has 0 atom stereocenters. The van der Waals surface area contributed by atoms with Gasteiger partial charge in [0.1, 0.15) is 0 Å². The fraction of sp³-hybridized carbons (Fsp3) is 0.478. The number of benzene rings is 2. The third-order valence-corrected chi connectivity index (χ3v) is 5.06. The lowest BCUT2D eigenvalue weighted by Crippen LogP contribution is -2.40. The SMILES string of the molecule is CCCCCN(CCCN)C(=O)CN(C)c1ccc2cc(C(C)=O)ccc2c1. The minimum Gasteiger partial charge on any atom is -0.365 e. The van der Waals surface area contributed by atoms with Crippen molar-refractivity contribution in [3.05, 3.63) is 42.0 Å². The Morgan fingerprint density at radius 2 is 1.64 bits per heavy atom. The minimum atomic E-state index is 0.0642. The van der Waals surface area contributed by atoms with Gasteiger partial charge < -0.3 is 15.5 Å². The van der Waals surface area contributed by atoms with Gasteiger partial charge in [-0.3, -0.25) is 9.59 Å². The van der Waals surface area contributed by atoms with E-state index in [2.05, 4.69) is 13.0 Å². The van der Waals surface area contributed by atoms with Gasteiger partial charge in [-0.05, 0) is 55.3 Å². The quantitative estimate of drug-likeness (QED) is 0.473. The molecule has 0 bridgehead atoms. The van der Waals surface area contributed by atoms with E-state index in [1.165, 1.54) is 0 Å². The van der Waals surface area contributed by atoms with Gasteiger partial charge in [-0.2, -0.15) is 0 Å². The van der Waals surface area contributed by atoms with Crippen molar-refractivity contribution in [3.63, 3.8) is 0 Å². The topological polar surface area (TPSA) is 66.6 Å². The lowest BCUT2D eigenvalue weighted by Gasteiger charge is -2.26. The summed E-state index contributed by atoms with van der Waals surface area (Å²) in [5.41, 5.74) is 7.34. The van der Waals surface area contributed by atoms with Crippen molar-refractivity contribution in [1.29, 1.82) is 0 Å². The second-order valence-electron chi connectivity index (χ2n) is 7.39. The molecule has 5 nitrogen and oxygen atoms in total. The third-order valence-electron chi connectivity index (χ3n) is 5.06. The number of anilines is 1. The van der Waals surface area contributed by atoms with E-state index in [1.54, 1.807) is 6.92 Å². The van der Waals surface area contributed by atoms with Crippen LogP contribution in [0.1, 0.15) is 49.9 Å². The van der Waals surface area contributed by atoms with E-state index in [-0.39, 0.29) is 11.7 Å². The standard InChI is InChI=1S/C23H33N3O2/c1-4-5-6-13-26(14-7-12-24)23(28)17-25(3)22-11-10-20-15-19(18(2)27)8-9-21(20)16-22/h8-11,15-16H,4-7,12-14,17,24H2,1-3H3. The molecule has 5 heteroatoms. The molecule has 0 aliphatic carbocycles. The number of carbonyl (C=O) groups excluding carboxylic acids is 2. The number of unbranched alkanes of at least 4 members (excludes halogenated alkanes) is 2. The van der Waals surface area contributed by atoms with Gasteiger partial charge in [0, 0.05) is 31.4 Å². The van der Waals surface area contributed by atoms with Gasteiger partial charge in [-0.1, -0.05) is 38.0 Å². The van der Waals surface area contributed by atoms with Gasteiger partial charge in [-0.25, -0.2) is 0 Å². The molecule has 2 aromatic carbocycles. The fourth-order valence-electron chi connectivity index (χ4n) is 3.28. The first-order valence-electron chi connectivity index (χ1n) is 10.2. The summed E-state index contributed by atoms with van der Waals surface area (Å²) >= 11 is 0. The Balaban J connectivity index is 2.08. The minimum absolute atomic E-state index is 0.0642. The number of nitrogens with zero attached hydrogens (tertiary/aromatic N) is 2. The molecule has 2 rings (SSSR count). The molecule has 152 valence electrons. The molecule has 28 heavy (non-hydrogen) atoms. The molecule has 0 aliphatic rings. The monoisotopic (exact) mass is 383 g/mol. The summed E-state index contributed by atoms with van der Waals surface area (Å²) in [4.78, 5) is 28.3. The normalized spacial score (nSPS) is 10.9. The average Bonchev–Trinajstić information content (AvgIpc) is 2.69. The molecule has 0 aliphatic heterocycles. The Labute approximate surface area is 168 Å². The Hall–Kier alpha value is -2.40. The molecule has 0 heterocycles. The van der Waals surface area contributed by atoms with Crippen LogP contribution in [0.15, 0.2) is 36.4 Å². The van der Waals surface area contributed by atoms with Gasteiger partial charge in [0.25, 0.3) is 0 Å². The highest BCUT2D eigenvalue weighted by Crippen LogP contribution is 2.23. The highest BCUT2D eigenvalue weighted by molar-refractivity contribution is 5.99. The Morgan fingerprint density at radius 1 is 0.964 bits per heavy atom. The molecular weight excluding hydrogens is 350 g/mol. The summed E-state index contributed by atoms with van der Waals surface area (Å²) < 4.78 is 0. The average molecular weight is 384 g/mol. The summed E-state index contributed by atoms with van der Waals surface area (Å²) in [6.07, 6.45) is 4.14.